The summed E-state index contributed by atoms with van der Waals surface area (Å²) in [4.78, 5) is 15.0. The summed E-state index contributed by atoms with van der Waals surface area (Å²) < 4.78 is 0. The first-order valence-electron chi connectivity index (χ1n) is 5.72. The second-order valence-electron chi connectivity index (χ2n) is 3.88. The maximum Gasteiger partial charge on any atom is 0.337 e. The van der Waals surface area contributed by atoms with Crippen molar-refractivity contribution < 1.29 is 9.90 Å². The number of anilines is 1. The van der Waals surface area contributed by atoms with E-state index in [1.54, 1.807) is 30.6 Å². The smallest absolute Gasteiger partial charge is 0.337 e. The van der Waals surface area contributed by atoms with Gasteiger partial charge in [0.1, 0.15) is 0 Å². The van der Waals surface area contributed by atoms with Gasteiger partial charge in [-0.15, -0.1) is 0 Å². The fraction of sp³-hybridized carbons (Fsp3) is 0.143. The number of carboxylic acid groups (broad SMARTS) is 1. The Morgan fingerprint density at radius 2 is 1.89 bits per heavy atom. The van der Waals surface area contributed by atoms with Gasteiger partial charge in [-0.05, 0) is 36.2 Å². The van der Waals surface area contributed by atoms with Gasteiger partial charge in [0.15, 0.2) is 0 Å². The third-order valence-corrected chi connectivity index (χ3v) is 2.64. The lowest BCUT2D eigenvalue weighted by molar-refractivity contribution is 0.0698. The number of para-hydroxylation sites is 1. The molecule has 0 aliphatic carbocycles. The number of rotatable bonds is 5. The molecule has 92 valence electrons. The van der Waals surface area contributed by atoms with Crippen molar-refractivity contribution in [1.82, 2.24) is 4.98 Å². The fourth-order valence-corrected chi connectivity index (χ4v) is 1.71. The minimum absolute atomic E-state index is 0.298. The van der Waals surface area contributed by atoms with E-state index in [0.29, 0.717) is 17.8 Å². The van der Waals surface area contributed by atoms with Crippen LogP contribution in [0.25, 0.3) is 0 Å². The molecule has 4 heteroatoms. The molecular weight excluding hydrogens is 228 g/mol. The molecule has 0 fully saturated rings. The third-order valence-electron chi connectivity index (χ3n) is 2.64. The molecule has 4 nitrogen and oxygen atoms in total. The lowest BCUT2D eigenvalue weighted by atomic mass is 10.1. The molecule has 0 saturated carbocycles. The van der Waals surface area contributed by atoms with Crippen LogP contribution in [0.1, 0.15) is 15.9 Å². The summed E-state index contributed by atoms with van der Waals surface area (Å²) in [6.45, 7) is 0.689. The molecule has 0 atom stereocenters. The molecule has 0 aliphatic heterocycles. The van der Waals surface area contributed by atoms with Crippen LogP contribution in [-0.4, -0.2) is 22.6 Å². The number of nitrogens with one attached hydrogen (secondary N) is 1. The summed E-state index contributed by atoms with van der Waals surface area (Å²) in [7, 11) is 0. The van der Waals surface area contributed by atoms with E-state index in [-0.39, 0.29) is 0 Å². The first kappa shape index (κ1) is 12.1. The Morgan fingerprint density at radius 1 is 1.17 bits per heavy atom. The molecular formula is C14H14N2O2. The van der Waals surface area contributed by atoms with E-state index in [1.807, 2.05) is 18.2 Å². The van der Waals surface area contributed by atoms with Crippen LogP contribution in [0.2, 0.25) is 0 Å². The fourth-order valence-electron chi connectivity index (χ4n) is 1.71. The molecule has 0 radical (unpaired) electrons. The van der Waals surface area contributed by atoms with Gasteiger partial charge in [0.25, 0.3) is 0 Å². The lowest BCUT2D eigenvalue weighted by Gasteiger charge is -2.09. The highest BCUT2D eigenvalue weighted by atomic mass is 16.4. The summed E-state index contributed by atoms with van der Waals surface area (Å²) in [5, 5.41) is 12.2. The second-order valence-corrected chi connectivity index (χ2v) is 3.88. The van der Waals surface area contributed by atoms with Crippen molar-refractivity contribution in [3.8, 4) is 0 Å². The molecule has 1 heterocycles. The van der Waals surface area contributed by atoms with E-state index in [2.05, 4.69) is 10.3 Å². The highest BCUT2D eigenvalue weighted by Gasteiger charge is 2.07. The van der Waals surface area contributed by atoms with E-state index in [4.69, 9.17) is 5.11 Å². The van der Waals surface area contributed by atoms with Crippen molar-refractivity contribution >= 4 is 11.7 Å². The zero-order chi connectivity index (χ0) is 12.8. The van der Waals surface area contributed by atoms with E-state index in [0.717, 1.165) is 6.42 Å². The number of hydrogen-bond acceptors (Lipinski definition) is 3. The molecule has 0 saturated heterocycles. The zero-order valence-electron chi connectivity index (χ0n) is 9.84. The van der Waals surface area contributed by atoms with Crippen molar-refractivity contribution in [3.63, 3.8) is 0 Å². The van der Waals surface area contributed by atoms with Crippen LogP contribution < -0.4 is 5.32 Å². The van der Waals surface area contributed by atoms with Crippen molar-refractivity contribution in [2.75, 3.05) is 11.9 Å². The predicted molar refractivity (Wildman–Crippen MR) is 69.8 cm³/mol. The van der Waals surface area contributed by atoms with Crippen LogP contribution in [-0.2, 0) is 6.42 Å². The van der Waals surface area contributed by atoms with Gasteiger partial charge in [-0.25, -0.2) is 4.79 Å². The van der Waals surface area contributed by atoms with Gasteiger partial charge in [0.05, 0.1) is 5.56 Å². The van der Waals surface area contributed by atoms with Gasteiger partial charge < -0.3 is 10.4 Å². The Bertz CT molecular complexity index is 526. The van der Waals surface area contributed by atoms with Gasteiger partial charge >= 0.3 is 5.97 Å². The van der Waals surface area contributed by atoms with Crippen LogP contribution in [0, 0.1) is 0 Å². The largest absolute Gasteiger partial charge is 0.478 e. The number of benzene rings is 1. The molecule has 2 N–H and O–H groups in total. The minimum atomic E-state index is -0.915. The van der Waals surface area contributed by atoms with E-state index < -0.39 is 5.97 Å². The Morgan fingerprint density at radius 3 is 2.61 bits per heavy atom. The van der Waals surface area contributed by atoms with Gasteiger partial charge in [0, 0.05) is 24.6 Å². The molecule has 18 heavy (non-hydrogen) atoms. The normalized spacial score (nSPS) is 10.0. The number of aromatic nitrogens is 1. The average Bonchev–Trinajstić information content (AvgIpc) is 2.40. The quantitative estimate of drug-likeness (QED) is 0.845. The summed E-state index contributed by atoms with van der Waals surface area (Å²) in [5.41, 5.74) is 2.12. The zero-order valence-corrected chi connectivity index (χ0v) is 9.84. The Kier molecular flexibility index (Phi) is 3.91. The van der Waals surface area contributed by atoms with Crippen molar-refractivity contribution in [1.29, 1.82) is 0 Å². The maximum absolute atomic E-state index is 11.0. The van der Waals surface area contributed by atoms with Crippen LogP contribution in [0.15, 0.2) is 48.8 Å². The average molecular weight is 242 g/mol. The number of carboxylic acids is 1. The molecule has 2 rings (SSSR count). The summed E-state index contributed by atoms with van der Waals surface area (Å²) in [6.07, 6.45) is 4.33. The topological polar surface area (TPSA) is 62.2 Å². The molecule has 0 spiro atoms. The standard InChI is InChI=1S/C14H14N2O2/c17-14(18)12-3-1-2-4-13(12)16-10-7-11-5-8-15-9-6-11/h1-6,8-9,16H,7,10H2,(H,17,18). The van der Waals surface area contributed by atoms with Crippen LogP contribution in [0.4, 0.5) is 5.69 Å². The second kappa shape index (κ2) is 5.82. The molecule has 1 aromatic carbocycles. The van der Waals surface area contributed by atoms with E-state index >= 15 is 0 Å². The molecule has 0 aliphatic rings. The Labute approximate surface area is 105 Å². The number of carbonyl (C=O) groups is 1. The molecule has 2 aromatic rings. The van der Waals surface area contributed by atoms with Gasteiger partial charge in [-0.2, -0.15) is 0 Å². The highest BCUT2D eigenvalue weighted by molar-refractivity contribution is 5.94. The van der Waals surface area contributed by atoms with Gasteiger partial charge in [-0.1, -0.05) is 12.1 Å². The molecule has 0 bridgehead atoms. The van der Waals surface area contributed by atoms with Crippen LogP contribution in [0.3, 0.4) is 0 Å². The Balaban J connectivity index is 1.97. The lowest BCUT2D eigenvalue weighted by Crippen LogP contribution is -2.09. The summed E-state index contributed by atoms with van der Waals surface area (Å²) >= 11 is 0. The molecule has 1 aromatic heterocycles. The summed E-state index contributed by atoms with van der Waals surface area (Å²) in [6, 6.07) is 10.8. The predicted octanol–water partition coefficient (Wildman–Crippen LogP) is 2.43. The van der Waals surface area contributed by atoms with Crippen LogP contribution in [0.5, 0.6) is 0 Å². The first-order valence-corrected chi connectivity index (χ1v) is 5.72. The van der Waals surface area contributed by atoms with Crippen molar-refractivity contribution in [2.24, 2.45) is 0 Å². The molecule has 0 amide bonds. The highest BCUT2D eigenvalue weighted by Crippen LogP contribution is 2.14. The minimum Gasteiger partial charge on any atom is -0.478 e. The monoisotopic (exact) mass is 242 g/mol. The Hall–Kier alpha value is -2.36. The number of nitrogens with zero attached hydrogens (tertiary/aromatic N) is 1. The van der Waals surface area contributed by atoms with Gasteiger partial charge in [-0.3, -0.25) is 4.98 Å². The van der Waals surface area contributed by atoms with Crippen LogP contribution >= 0.6 is 0 Å². The van der Waals surface area contributed by atoms with E-state index in [9.17, 15) is 4.79 Å². The van der Waals surface area contributed by atoms with Gasteiger partial charge in [0.2, 0.25) is 0 Å². The first-order chi connectivity index (χ1) is 8.77. The van der Waals surface area contributed by atoms with Crippen molar-refractivity contribution in [3.05, 3.63) is 59.9 Å². The number of pyridine rings is 1. The SMILES string of the molecule is O=C(O)c1ccccc1NCCc1ccncc1. The summed E-state index contributed by atoms with van der Waals surface area (Å²) in [5.74, 6) is -0.915. The molecule has 0 unspecified atom stereocenters. The van der Waals surface area contributed by atoms with E-state index in [1.165, 1.54) is 5.56 Å². The maximum atomic E-state index is 11.0. The number of aromatic carboxylic acids is 1. The van der Waals surface area contributed by atoms with Crippen molar-refractivity contribution in [2.45, 2.75) is 6.42 Å². The number of hydrogen-bond donors (Lipinski definition) is 2. The third kappa shape index (κ3) is 3.07.